The van der Waals surface area contributed by atoms with Gasteiger partial charge in [-0.15, -0.1) is 0 Å². The summed E-state index contributed by atoms with van der Waals surface area (Å²) >= 11 is 0. The fraction of sp³-hybridized carbons (Fsp3) is 0.267. The smallest absolute Gasteiger partial charge is 0.265 e. The van der Waals surface area contributed by atoms with Crippen molar-refractivity contribution in [1.82, 2.24) is 0 Å². The predicted octanol–water partition coefficient (Wildman–Crippen LogP) is 2.10. The van der Waals surface area contributed by atoms with Crippen LogP contribution in [0.3, 0.4) is 0 Å². The van der Waals surface area contributed by atoms with E-state index in [1.807, 2.05) is 24.3 Å². The zero-order valence-corrected chi connectivity index (χ0v) is 11.6. The zero-order valence-electron chi connectivity index (χ0n) is 11.6. The Morgan fingerprint density at radius 1 is 1.29 bits per heavy atom. The van der Waals surface area contributed by atoms with E-state index in [1.54, 1.807) is 13.0 Å². The van der Waals surface area contributed by atoms with Gasteiger partial charge < -0.3 is 24.9 Å². The number of amides is 1. The number of furan rings is 1. The van der Waals surface area contributed by atoms with Gasteiger partial charge >= 0.3 is 0 Å². The molecule has 0 saturated carbocycles. The summed E-state index contributed by atoms with van der Waals surface area (Å²) < 4.78 is 10.9. The van der Waals surface area contributed by atoms with Crippen LogP contribution in [-0.2, 0) is 17.9 Å². The Morgan fingerprint density at radius 3 is 2.86 bits per heavy atom. The third-order valence-corrected chi connectivity index (χ3v) is 3.25. The standard InChI is InChI=1S/C15H16N2O4/c1-9-15(19)17-13-6-10(2-5-14(13)20-9)16-7-11-3-4-12(8-18)21-11/h2-6,9,16,18H,7-8H2,1H3,(H,17,19). The lowest BCUT2D eigenvalue weighted by atomic mass is 10.2. The second kappa shape index (κ2) is 5.49. The number of fused-ring (bicyclic) bond motifs is 1. The summed E-state index contributed by atoms with van der Waals surface area (Å²) in [5.74, 6) is 1.77. The van der Waals surface area contributed by atoms with E-state index in [9.17, 15) is 4.79 Å². The van der Waals surface area contributed by atoms with Gasteiger partial charge in [-0.25, -0.2) is 0 Å². The minimum absolute atomic E-state index is 0.111. The second-order valence-corrected chi connectivity index (χ2v) is 4.84. The Labute approximate surface area is 121 Å². The van der Waals surface area contributed by atoms with Gasteiger partial charge in [-0.05, 0) is 37.3 Å². The molecule has 1 amide bonds. The molecule has 0 fully saturated rings. The maximum Gasteiger partial charge on any atom is 0.265 e. The van der Waals surface area contributed by atoms with Gasteiger partial charge in [-0.3, -0.25) is 4.79 Å². The van der Waals surface area contributed by atoms with Crippen LogP contribution in [0.4, 0.5) is 11.4 Å². The van der Waals surface area contributed by atoms with Crippen molar-refractivity contribution in [3.05, 3.63) is 41.9 Å². The number of carbonyl (C=O) groups excluding carboxylic acids is 1. The van der Waals surface area contributed by atoms with Crippen LogP contribution in [0, 0.1) is 0 Å². The topological polar surface area (TPSA) is 83.7 Å². The van der Waals surface area contributed by atoms with Gasteiger partial charge in [0.05, 0.1) is 12.2 Å². The number of ether oxygens (including phenoxy) is 1. The third kappa shape index (κ3) is 2.85. The number of anilines is 2. The highest BCUT2D eigenvalue weighted by Gasteiger charge is 2.23. The van der Waals surface area contributed by atoms with E-state index < -0.39 is 6.10 Å². The number of hydrogen-bond acceptors (Lipinski definition) is 5. The van der Waals surface area contributed by atoms with Crippen molar-refractivity contribution in [2.75, 3.05) is 10.6 Å². The molecule has 1 aromatic heterocycles. The van der Waals surface area contributed by atoms with E-state index in [0.717, 1.165) is 11.4 Å². The molecule has 0 saturated heterocycles. The number of aliphatic hydroxyl groups excluding tert-OH is 1. The number of carbonyl (C=O) groups is 1. The van der Waals surface area contributed by atoms with Gasteiger partial charge in [0.25, 0.3) is 5.91 Å². The van der Waals surface area contributed by atoms with Gasteiger partial charge in [0.1, 0.15) is 23.9 Å². The van der Waals surface area contributed by atoms with Crippen molar-refractivity contribution >= 4 is 17.3 Å². The monoisotopic (exact) mass is 288 g/mol. The molecule has 3 rings (SSSR count). The summed E-state index contributed by atoms with van der Waals surface area (Å²) in [6, 6.07) is 9.05. The first-order chi connectivity index (χ1) is 10.2. The number of rotatable bonds is 4. The molecule has 1 aromatic carbocycles. The van der Waals surface area contributed by atoms with E-state index in [1.165, 1.54) is 0 Å². The van der Waals surface area contributed by atoms with Crippen molar-refractivity contribution in [1.29, 1.82) is 0 Å². The Morgan fingerprint density at radius 2 is 2.10 bits per heavy atom. The second-order valence-electron chi connectivity index (χ2n) is 4.84. The molecule has 2 aromatic rings. The van der Waals surface area contributed by atoms with Crippen molar-refractivity contribution in [3.8, 4) is 5.75 Å². The Balaban J connectivity index is 1.69. The van der Waals surface area contributed by atoms with E-state index in [-0.39, 0.29) is 12.5 Å². The van der Waals surface area contributed by atoms with Crippen LogP contribution >= 0.6 is 0 Å². The fourth-order valence-electron chi connectivity index (χ4n) is 2.11. The lowest BCUT2D eigenvalue weighted by Crippen LogP contribution is -2.34. The molecule has 0 aliphatic carbocycles. The molecule has 1 aliphatic heterocycles. The van der Waals surface area contributed by atoms with Crippen molar-refractivity contribution < 1.29 is 19.1 Å². The first-order valence-corrected chi connectivity index (χ1v) is 6.69. The summed E-state index contributed by atoms with van der Waals surface area (Å²) in [5, 5.41) is 14.9. The highest BCUT2D eigenvalue weighted by molar-refractivity contribution is 5.98. The van der Waals surface area contributed by atoms with Gasteiger partial charge in [0.15, 0.2) is 6.10 Å². The summed E-state index contributed by atoms with van der Waals surface area (Å²) in [4.78, 5) is 11.6. The van der Waals surface area contributed by atoms with Crippen LogP contribution in [-0.4, -0.2) is 17.1 Å². The van der Waals surface area contributed by atoms with Crippen LogP contribution in [0.2, 0.25) is 0 Å². The lowest BCUT2D eigenvalue weighted by molar-refractivity contribution is -0.122. The van der Waals surface area contributed by atoms with E-state index in [2.05, 4.69) is 10.6 Å². The molecule has 110 valence electrons. The van der Waals surface area contributed by atoms with Crippen LogP contribution < -0.4 is 15.4 Å². The maximum absolute atomic E-state index is 11.6. The van der Waals surface area contributed by atoms with Gasteiger partial charge in [0, 0.05) is 5.69 Å². The highest BCUT2D eigenvalue weighted by atomic mass is 16.5. The van der Waals surface area contributed by atoms with Crippen molar-refractivity contribution in [3.63, 3.8) is 0 Å². The molecule has 2 heterocycles. The van der Waals surface area contributed by atoms with Crippen LogP contribution in [0.1, 0.15) is 18.4 Å². The predicted molar refractivity (Wildman–Crippen MR) is 77.1 cm³/mol. The van der Waals surface area contributed by atoms with Gasteiger partial charge in [-0.2, -0.15) is 0 Å². The average molecular weight is 288 g/mol. The molecule has 1 unspecified atom stereocenters. The molecule has 21 heavy (non-hydrogen) atoms. The van der Waals surface area contributed by atoms with E-state index in [0.29, 0.717) is 23.7 Å². The van der Waals surface area contributed by atoms with Crippen LogP contribution in [0.5, 0.6) is 5.75 Å². The minimum Gasteiger partial charge on any atom is -0.479 e. The first kappa shape index (κ1) is 13.5. The quantitative estimate of drug-likeness (QED) is 0.802. The van der Waals surface area contributed by atoms with Crippen molar-refractivity contribution in [2.45, 2.75) is 26.2 Å². The van der Waals surface area contributed by atoms with Gasteiger partial charge in [0.2, 0.25) is 0 Å². The largest absolute Gasteiger partial charge is 0.479 e. The number of nitrogens with one attached hydrogen (secondary N) is 2. The fourth-order valence-corrected chi connectivity index (χ4v) is 2.11. The molecule has 1 aliphatic rings. The molecule has 0 radical (unpaired) electrons. The van der Waals surface area contributed by atoms with Crippen molar-refractivity contribution in [2.24, 2.45) is 0 Å². The van der Waals surface area contributed by atoms with Gasteiger partial charge in [-0.1, -0.05) is 0 Å². The summed E-state index contributed by atoms with van der Waals surface area (Å²) in [6.45, 7) is 2.09. The van der Waals surface area contributed by atoms with E-state index >= 15 is 0 Å². The molecule has 0 bridgehead atoms. The zero-order chi connectivity index (χ0) is 14.8. The average Bonchev–Trinajstić information content (AvgIpc) is 2.94. The SMILES string of the molecule is CC1Oc2ccc(NCc3ccc(CO)o3)cc2NC1=O. The molecule has 0 spiro atoms. The summed E-state index contributed by atoms with van der Waals surface area (Å²) in [7, 11) is 0. The Hall–Kier alpha value is -2.47. The highest BCUT2D eigenvalue weighted by Crippen LogP contribution is 2.32. The molecular weight excluding hydrogens is 272 g/mol. The first-order valence-electron chi connectivity index (χ1n) is 6.69. The summed E-state index contributed by atoms with van der Waals surface area (Å²) in [6.07, 6.45) is -0.476. The molecule has 6 nitrogen and oxygen atoms in total. The molecular formula is C15H16N2O4. The molecule has 1 atom stereocenters. The maximum atomic E-state index is 11.6. The normalized spacial score (nSPS) is 16.9. The number of aliphatic hydroxyl groups is 1. The number of hydrogen-bond donors (Lipinski definition) is 3. The third-order valence-electron chi connectivity index (χ3n) is 3.25. The lowest BCUT2D eigenvalue weighted by Gasteiger charge is -2.23. The van der Waals surface area contributed by atoms with E-state index in [4.69, 9.17) is 14.3 Å². The number of benzene rings is 1. The molecule has 6 heteroatoms. The Kier molecular flexibility index (Phi) is 3.53. The summed E-state index contributed by atoms with van der Waals surface area (Å²) in [5.41, 5.74) is 1.49. The minimum atomic E-state index is -0.476. The van der Waals surface area contributed by atoms with Crippen LogP contribution in [0.15, 0.2) is 34.7 Å². The Bertz CT molecular complexity index is 665. The molecule has 3 N–H and O–H groups in total. The van der Waals surface area contributed by atoms with Crippen LogP contribution in [0.25, 0.3) is 0 Å².